The van der Waals surface area contributed by atoms with Crippen LogP contribution in [0.5, 0.6) is 0 Å². The fourth-order valence-corrected chi connectivity index (χ4v) is 3.36. The van der Waals surface area contributed by atoms with Gasteiger partial charge in [-0.1, -0.05) is 18.3 Å². The molecule has 1 aliphatic rings. The van der Waals surface area contributed by atoms with Crippen LogP contribution in [-0.2, 0) is 4.79 Å². The molecule has 1 saturated carbocycles. The zero-order valence-electron chi connectivity index (χ0n) is 15.0. The SMILES string of the molecule is CSCC[C@@H](NC(=O)c1ccc(C#CC2(O)CCCCC2)cc1)C(=O)O. The number of thioether (sulfide) groups is 1. The number of hydrogen-bond donors (Lipinski definition) is 3. The van der Waals surface area contributed by atoms with Crippen molar-refractivity contribution in [3.05, 3.63) is 35.4 Å². The molecule has 6 heteroatoms. The van der Waals surface area contributed by atoms with Gasteiger partial charge in [-0.2, -0.15) is 11.8 Å². The minimum Gasteiger partial charge on any atom is -0.480 e. The first kappa shape index (κ1) is 20.3. The standard InChI is InChI=1S/C20H25NO4S/c1-26-14-10-17(19(23)24)21-18(22)16-7-5-15(6-8-16)9-13-20(25)11-3-2-4-12-20/h5-8,17,25H,2-4,10-12,14H2,1H3,(H,21,22)(H,23,24)/t17-/m1/s1. The van der Waals surface area contributed by atoms with Crippen LogP contribution in [0.3, 0.4) is 0 Å². The van der Waals surface area contributed by atoms with Gasteiger partial charge in [0.15, 0.2) is 0 Å². The third-order valence-electron chi connectivity index (χ3n) is 4.48. The third kappa shape index (κ3) is 6.08. The fourth-order valence-electron chi connectivity index (χ4n) is 2.89. The minimum absolute atomic E-state index is 0.379. The van der Waals surface area contributed by atoms with Crippen molar-refractivity contribution in [2.24, 2.45) is 0 Å². The highest BCUT2D eigenvalue weighted by molar-refractivity contribution is 7.98. The second-order valence-electron chi connectivity index (χ2n) is 6.57. The van der Waals surface area contributed by atoms with E-state index in [1.54, 1.807) is 24.3 Å². The molecular weight excluding hydrogens is 350 g/mol. The van der Waals surface area contributed by atoms with Gasteiger partial charge in [0.05, 0.1) is 0 Å². The van der Waals surface area contributed by atoms with E-state index in [0.29, 0.717) is 30.6 Å². The van der Waals surface area contributed by atoms with Gasteiger partial charge in [-0.15, -0.1) is 0 Å². The number of aliphatic carboxylic acids is 1. The highest BCUT2D eigenvalue weighted by Gasteiger charge is 2.26. The lowest BCUT2D eigenvalue weighted by atomic mass is 9.85. The Kier molecular flexibility index (Phi) is 7.55. The first-order valence-corrected chi connectivity index (χ1v) is 10.2. The number of hydrogen-bond acceptors (Lipinski definition) is 4. The van der Waals surface area contributed by atoms with Crippen molar-refractivity contribution in [2.45, 2.75) is 50.2 Å². The van der Waals surface area contributed by atoms with Gasteiger partial charge in [-0.25, -0.2) is 4.79 Å². The lowest BCUT2D eigenvalue weighted by Gasteiger charge is -2.26. The van der Waals surface area contributed by atoms with Crippen LogP contribution in [0.15, 0.2) is 24.3 Å². The van der Waals surface area contributed by atoms with E-state index in [2.05, 4.69) is 17.2 Å². The molecule has 26 heavy (non-hydrogen) atoms. The molecule has 0 aromatic heterocycles. The van der Waals surface area contributed by atoms with Gasteiger partial charge in [0.25, 0.3) is 5.91 Å². The molecule has 3 N–H and O–H groups in total. The third-order valence-corrected chi connectivity index (χ3v) is 5.13. The molecule has 1 amide bonds. The molecule has 0 unspecified atom stereocenters. The Labute approximate surface area is 158 Å². The summed E-state index contributed by atoms with van der Waals surface area (Å²) in [5.74, 6) is 5.15. The number of amides is 1. The predicted molar refractivity (Wildman–Crippen MR) is 103 cm³/mol. The predicted octanol–water partition coefficient (Wildman–Crippen LogP) is 2.67. The monoisotopic (exact) mass is 375 g/mol. The van der Waals surface area contributed by atoms with Crippen LogP contribution in [0.2, 0.25) is 0 Å². The minimum atomic E-state index is -1.03. The Morgan fingerprint density at radius 2 is 1.88 bits per heavy atom. The largest absolute Gasteiger partial charge is 0.480 e. The van der Waals surface area contributed by atoms with E-state index in [0.717, 1.165) is 24.8 Å². The Hall–Kier alpha value is -1.97. The average molecular weight is 375 g/mol. The van der Waals surface area contributed by atoms with Crippen molar-refractivity contribution >= 4 is 23.6 Å². The van der Waals surface area contributed by atoms with Crippen molar-refractivity contribution in [2.75, 3.05) is 12.0 Å². The van der Waals surface area contributed by atoms with Crippen molar-refractivity contribution in [1.29, 1.82) is 0 Å². The first-order chi connectivity index (χ1) is 12.4. The summed E-state index contributed by atoms with van der Waals surface area (Å²) in [5, 5.41) is 22.1. The summed E-state index contributed by atoms with van der Waals surface area (Å²) in [6.45, 7) is 0. The molecule has 0 radical (unpaired) electrons. The molecule has 0 spiro atoms. The first-order valence-electron chi connectivity index (χ1n) is 8.82. The van der Waals surface area contributed by atoms with E-state index >= 15 is 0 Å². The molecule has 0 bridgehead atoms. The maximum atomic E-state index is 12.2. The highest BCUT2D eigenvalue weighted by atomic mass is 32.2. The smallest absolute Gasteiger partial charge is 0.326 e. The van der Waals surface area contributed by atoms with Gasteiger partial charge >= 0.3 is 5.97 Å². The fraction of sp³-hybridized carbons (Fsp3) is 0.500. The van der Waals surface area contributed by atoms with Crippen LogP contribution < -0.4 is 5.32 Å². The molecule has 1 fully saturated rings. The number of carboxylic acids is 1. The molecule has 1 atom stereocenters. The van der Waals surface area contributed by atoms with E-state index in [9.17, 15) is 19.8 Å². The van der Waals surface area contributed by atoms with E-state index in [4.69, 9.17) is 0 Å². The number of nitrogens with one attached hydrogen (secondary N) is 1. The second kappa shape index (κ2) is 9.65. The highest BCUT2D eigenvalue weighted by Crippen LogP contribution is 2.27. The number of benzene rings is 1. The Balaban J connectivity index is 2.00. The summed E-state index contributed by atoms with van der Waals surface area (Å²) in [6.07, 6.45) is 6.80. The van der Waals surface area contributed by atoms with Crippen LogP contribution in [0.4, 0.5) is 0 Å². The van der Waals surface area contributed by atoms with Crippen LogP contribution in [0, 0.1) is 11.8 Å². The summed E-state index contributed by atoms with van der Waals surface area (Å²) in [4.78, 5) is 23.5. The van der Waals surface area contributed by atoms with Crippen LogP contribution in [0.25, 0.3) is 0 Å². The van der Waals surface area contributed by atoms with Gasteiger partial charge in [-0.3, -0.25) is 4.79 Å². The molecule has 140 valence electrons. The van der Waals surface area contributed by atoms with E-state index in [1.165, 1.54) is 11.8 Å². The van der Waals surface area contributed by atoms with Crippen molar-refractivity contribution in [1.82, 2.24) is 5.32 Å². The van der Waals surface area contributed by atoms with Gasteiger partial charge in [-0.05, 0) is 68.4 Å². The molecule has 5 nitrogen and oxygen atoms in total. The topological polar surface area (TPSA) is 86.6 Å². The van der Waals surface area contributed by atoms with Gasteiger partial charge in [0, 0.05) is 11.1 Å². The van der Waals surface area contributed by atoms with Gasteiger partial charge in [0.2, 0.25) is 0 Å². The van der Waals surface area contributed by atoms with Crippen molar-refractivity contribution < 1.29 is 19.8 Å². The molecule has 0 saturated heterocycles. The molecule has 1 aliphatic carbocycles. The molecule has 0 heterocycles. The molecular formula is C20H25NO4S. The van der Waals surface area contributed by atoms with Crippen LogP contribution >= 0.6 is 11.8 Å². The Morgan fingerprint density at radius 3 is 2.46 bits per heavy atom. The van der Waals surface area contributed by atoms with Crippen LogP contribution in [-0.4, -0.2) is 45.7 Å². The summed E-state index contributed by atoms with van der Waals surface area (Å²) in [7, 11) is 0. The molecule has 2 rings (SSSR count). The van der Waals surface area contributed by atoms with Gasteiger partial charge in [0.1, 0.15) is 11.6 Å². The normalized spacial score (nSPS) is 16.8. The van der Waals surface area contributed by atoms with Crippen LogP contribution in [0.1, 0.15) is 54.4 Å². The zero-order valence-corrected chi connectivity index (χ0v) is 15.8. The molecule has 0 aliphatic heterocycles. The lowest BCUT2D eigenvalue weighted by molar-refractivity contribution is -0.139. The summed E-state index contributed by atoms with van der Waals surface area (Å²) in [5.41, 5.74) is 0.209. The quantitative estimate of drug-likeness (QED) is 0.666. The van der Waals surface area contributed by atoms with E-state index in [1.807, 2.05) is 6.26 Å². The Bertz CT molecular complexity index is 684. The molecule has 1 aromatic rings. The lowest BCUT2D eigenvalue weighted by Crippen LogP contribution is -2.41. The summed E-state index contributed by atoms with van der Waals surface area (Å²) < 4.78 is 0. The van der Waals surface area contributed by atoms with E-state index in [-0.39, 0.29) is 0 Å². The summed E-state index contributed by atoms with van der Waals surface area (Å²) in [6, 6.07) is 5.78. The average Bonchev–Trinajstić information content (AvgIpc) is 2.64. The molecule has 1 aromatic carbocycles. The Morgan fingerprint density at radius 1 is 1.23 bits per heavy atom. The van der Waals surface area contributed by atoms with Crippen molar-refractivity contribution in [3.8, 4) is 11.8 Å². The number of carbonyl (C=O) groups is 2. The zero-order chi connectivity index (χ0) is 19.0. The second-order valence-corrected chi connectivity index (χ2v) is 7.55. The van der Waals surface area contributed by atoms with Gasteiger partial charge < -0.3 is 15.5 Å². The maximum Gasteiger partial charge on any atom is 0.326 e. The van der Waals surface area contributed by atoms with Crippen molar-refractivity contribution in [3.63, 3.8) is 0 Å². The number of aliphatic hydroxyl groups is 1. The van der Waals surface area contributed by atoms with E-state index < -0.39 is 23.5 Å². The number of carbonyl (C=O) groups excluding carboxylic acids is 1. The maximum absolute atomic E-state index is 12.2. The number of rotatable bonds is 6. The summed E-state index contributed by atoms with van der Waals surface area (Å²) >= 11 is 1.54. The number of carboxylic acid groups (broad SMARTS) is 1.